The second-order valence-corrected chi connectivity index (χ2v) is 8.56. The summed E-state index contributed by atoms with van der Waals surface area (Å²) in [4.78, 5) is 30.5. The third-order valence-electron chi connectivity index (χ3n) is 4.83. The van der Waals surface area contributed by atoms with Crippen LogP contribution in [-0.2, 0) is 4.79 Å². The van der Waals surface area contributed by atoms with Crippen LogP contribution in [0.5, 0.6) is 0 Å². The van der Waals surface area contributed by atoms with Crippen LogP contribution in [0.4, 0.5) is 5.69 Å². The number of carbonyl (C=O) groups excluding carboxylic acids is 1. The molecule has 0 aliphatic carbocycles. The number of benzene rings is 3. The monoisotopic (exact) mass is 449 g/mol. The lowest BCUT2D eigenvalue weighted by atomic mass is 10.1. The molecule has 0 saturated heterocycles. The second kappa shape index (κ2) is 8.96. The van der Waals surface area contributed by atoms with Gasteiger partial charge in [0.15, 0.2) is 5.16 Å². The zero-order valence-corrected chi connectivity index (χ0v) is 18.6. The van der Waals surface area contributed by atoms with Crippen LogP contribution in [0.1, 0.15) is 11.1 Å². The molecule has 5 nitrogen and oxygen atoms in total. The number of para-hydroxylation sites is 1. The van der Waals surface area contributed by atoms with Gasteiger partial charge in [-0.25, -0.2) is 4.98 Å². The highest BCUT2D eigenvalue weighted by molar-refractivity contribution is 7.99. The van der Waals surface area contributed by atoms with Gasteiger partial charge in [0.2, 0.25) is 5.91 Å². The number of amides is 1. The quantitative estimate of drug-likeness (QED) is 0.328. The summed E-state index contributed by atoms with van der Waals surface area (Å²) in [6.07, 6.45) is 0. The van der Waals surface area contributed by atoms with Crippen molar-refractivity contribution in [3.63, 3.8) is 0 Å². The first-order valence-electron chi connectivity index (χ1n) is 9.70. The molecule has 1 N–H and O–H groups in total. The van der Waals surface area contributed by atoms with Crippen molar-refractivity contribution in [1.29, 1.82) is 0 Å². The molecule has 4 aromatic rings. The molecule has 1 heterocycles. The van der Waals surface area contributed by atoms with Gasteiger partial charge in [0, 0.05) is 10.7 Å². The summed E-state index contributed by atoms with van der Waals surface area (Å²) < 4.78 is 1.52. The summed E-state index contributed by atoms with van der Waals surface area (Å²) in [5.41, 5.74) is 3.89. The Balaban J connectivity index is 1.67. The van der Waals surface area contributed by atoms with Gasteiger partial charge >= 0.3 is 0 Å². The molecule has 0 bridgehead atoms. The first-order chi connectivity index (χ1) is 14.9. The molecule has 0 radical (unpaired) electrons. The maximum atomic E-state index is 13.2. The fourth-order valence-electron chi connectivity index (χ4n) is 3.21. The average molecular weight is 450 g/mol. The largest absolute Gasteiger partial charge is 0.325 e. The Hall–Kier alpha value is -3.09. The van der Waals surface area contributed by atoms with E-state index >= 15 is 0 Å². The van der Waals surface area contributed by atoms with Crippen LogP contribution in [-0.4, -0.2) is 21.2 Å². The van der Waals surface area contributed by atoms with Gasteiger partial charge in [-0.3, -0.25) is 14.2 Å². The molecule has 0 spiro atoms. The van der Waals surface area contributed by atoms with Crippen molar-refractivity contribution in [1.82, 2.24) is 9.55 Å². The molecule has 3 aromatic carbocycles. The third-order valence-corrected chi connectivity index (χ3v) is 6.02. The van der Waals surface area contributed by atoms with Crippen LogP contribution in [0.15, 0.2) is 76.7 Å². The number of hydrogen-bond donors (Lipinski definition) is 1. The number of fused-ring (bicyclic) bond motifs is 1. The number of nitrogens with one attached hydrogen (secondary N) is 1. The number of rotatable bonds is 5. The molecule has 0 atom stereocenters. The van der Waals surface area contributed by atoms with Crippen molar-refractivity contribution in [2.45, 2.75) is 19.0 Å². The topological polar surface area (TPSA) is 64.0 Å². The maximum Gasteiger partial charge on any atom is 0.266 e. The van der Waals surface area contributed by atoms with Crippen molar-refractivity contribution >= 4 is 45.9 Å². The van der Waals surface area contributed by atoms with Gasteiger partial charge in [-0.05, 0) is 67.4 Å². The first kappa shape index (κ1) is 21.2. The normalized spacial score (nSPS) is 10.9. The van der Waals surface area contributed by atoms with Gasteiger partial charge < -0.3 is 5.32 Å². The minimum atomic E-state index is -0.189. The Bertz CT molecular complexity index is 1330. The van der Waals surface area contributed by atoms with E-state index in [0.717, 1.165) is 16.8 Å². The van der Waals surface area contributed by atoms with E-state index in [0.29, 0.717) is 26.8 Å². The maximum absolute atomic E-state index is 13.2. The van der Waals surface area contributed by atoms with E-state index in [-0.39, 0.29) is 17.2 Å². The number of halogens is 1. The lowest BCUT2D eigenvalue weighted by Crippen LogP contribution is -2.23. The fraction of sp³-hybridized carbons (Fsp3) is 0.125. The Morgan fingerprint density at radius 3 is 2.58 bits per heavy atom. The molecule has 4 rings (SSSR count). The molecule has 0 fully saturated rings. The molecule has 0 unspecified atom stereocenters. The van der Waals surface area contributed by atoms with Gasteiger partial charge in [-0.2, -0.15) is 0 Å². The number of aryl methyl sites for hydroxylation is 2. The zero-order chi connectivity index (χ0) is 22.0. The Kier molecular flexibility index (Phi) is 6.11. The van der Waals surface area contributed by atoms with Gasteiger partial charge in [-0.1, -0.05) is 47.6 Å². The van der Waals surface area contributed by atoms with Crippen molar-refractivity contribution in [2.75, 3.05) is 11.1 Å². The van der Waals surface area contributed by atoms with Crippen molar-refractivity contribution in [2.24, 2.45) is 0 Å². The molecule has 0 saturated carbocycles. The SMILES string of the molecule is Cc1ccc(C)c(NC(=O)CSc2nc3ccccc3c(=O)n2-c2ccc(Cl)cc2)c1. The van der Waals surface area contributed by atoms with Crippen LogP contribution in [0, 0.1) is 13.8 Å². The van der Waals surface area contributed by atoms with Crippen LogP contribution in [0.2, 0.25) is 5.02 Å². The van der Waals surface area contributed by atoms with E-state index in [1.165, 1.54) is 16.3 Å². The Morgan fingerprint density at radius 1 is 1.06 bits per heavy atom. The Labute approximate surface area is 189 Å². The average Bonchev–Trinajstić information content (AvgIpc) is 2.76. The standard InChI is InChI=1S/C24H20ClN3O2S/c1-15-7-8-16(2)21(13-15)26-22(29)14-31-24-27-20-6-4-3-5-19(20)23(30)28(24)18-11-9-17(25)10-12-18/h3-13H,14H2,1-2H3,(H,26,29). The van der Waals surface area contributed by atoms with Gasteiger partial charge in [0.25, 0.3) is 5.56 Å². The minimum absolute atomic E-state index is 0.117. The lowest BCUT2D eigenvalue weighted by molar-refractivity contribution is -0.113. The van der Waals surface area contributed by atoms with Crippen molar-refractivity contribution < 1.29 is 4.79 Å². The second-order valence-electron chi connectivity index (χ2n) is 7.18. The van der Waals surface area contributed by atoms with Gasteiger partial charge in [0.1, 0.15) is 0 Å². The molecule has 31 heavy (non-hydrogen) atoms. The van der Waals surface area contributed by atoms with E-state index < -0.39 is 0 Å². The summed E-state index contributed by atoms with van der Waals surface area (Å²) in [7, 11) is 0. The van der Waals surface area contributed by atoms with E-state index in [1.807, 2.05) is 44.2 Å². The summed E-state index contributed by atoms with van der Waals surface area (Å²) >= 11 is 7.24. The first-order valence-corrected chi connectivity index (χ1v) is 11.1. The zero-order valence-electron chi connectivity index (χ0n) is 17.1. The molecular formula is C24H20ClN3O2S. The molecule has 0 aliphatic heterocycles. The molecular weight excluding hydrogens is 430 g/mol. The van der Waals surface area contributed by atoms with E-state index in [1.54, 1.807) is 36.4 Å². The van der Waals surface area contributed by atoms with Gasteiger partial charge in [-0.15, -0.1) is 0 Å². The number of carbonyl (C=O) groups is 1. The van der Waals surface area contributed by atoms with Crippen LogP contribution in [0.3, 0.4) is 0 Å². The molecule has 0 aliphatic rings. The summed E-state index contributed by atoms with van der Waals surface area (Å²) in [5, 5.41) is 4.49. The predicted octanol–water partition coefficient (Wildman–Crippen LogP) is 5.39. The Morgan fingerprint density at radius 2 is 1.81 bits per heavy atom. The van der Waals surface area contributed by atoms with Crippen LogP contribution < -0.4 is 10.9 Å². The van der Waals surface area contributed by atoms with E-state index in [4.69, 9.17) is 11.6 Å². The number of aromatic nitrogens is 2. The van der Waals surface area contributed by atoms with E-state index in [9.17, 15) is 9.59 Å². The molecule has 7 heteroatoms. The predicted molar refractivity (Wildman–Crippen MR) is 128 cm³/mol. The fourth-order valence-corrected chi connectivity index (χ4v) is 4.15. The highest BCUT2D eigenvalue weighted by Crippen LogP contribution is 2.23. The number of hydrogen-bond acceptors (Lipinski definition) is 4. The smallest absolute Gasteiger partial charge is 0.266 e. The van der Waals surface area contributed by atoms with Crippen molar-refractivity contribution in [3.05, 3.63) is 93.2 Å². The van der Waals surface area contributed by atoms with E-state index in [2.05, 4.69) is 10.3 Å². The van der Waals surface area contributed by atoms with Crippen LogP contribution >= 0.6 is 23.4 Å². The molecule has 1 amide bonds. The number of anilines is 1. The third kappa shape index (κ3) is 4.65. The number of nitrogens with zero attached hydrogens (tertiary/aromatic N) is 2. The molecule has 1 aromatic heterocycles. The van der Waals surface area contributed by atoms with Crippen LogP contribution in [0.25, 0.3) is 16.6 Å². The highest BCUT2D eigenvalue weighted by atomic mass is 35.5. The molecule has 156 valence electrons. The highest BCUT2D eigenvalue weighted by Gasteiger charge is 2.15. The summed E-state index contributed by atoms with van der Waals surface area (Å²) in [5.74, 6) is -0.0464. The summed E-state index contributed by atoms with van der Waals surface area (Å²) in [6, 6.07) is 20.1. The van der Waals surface area contributed by atoms with Crippen molar-refractivity contribution in [3.8, 4) is 5.69 Å². The van der Waals surface area contributed by atoms with Gasteiger partial charge in [0.05, 0.1) is 22.3 Å². The number of thioether (sulfide) groups is 1. The summed E-state index contributed by atoms with van der Waals surface area (Å²) in [6.45, 7) is 3.93. The minimum Gasteiger partial charge on any atom is -0.325 e. The lowest BCUT2D eigenvalue weighted by Gasteiger charge is -2.14.